The highest BCUT2D eigenvalue weighted by atomic mass is 35.5. The van der Waals surface area contributed by atoms with Crippen LogP contribution in [0.2, 0.25) is 10.0 Å². The molecule has 162 valence electrons. The number of amides is 1. The Labute approximate surface area is 188 Å². The largest absolute Gasteiger partial charge is 0.317 e. The minimum absolute atomic E-state index is 0.0793. The Morgan fingerprint density at radius 2 is 1.45 bits per heavy atom. The second-order valence-corrected chi connectivity index (χ2v) is 9.29. The minimum Gasteiger partial charge on any atom is -0.317 e. The summed E-state index contributed by atoms with van der Waals surface area (Å²) in [7, 11) is -3.73. The number of nitrogens with one attached hydrogen (secondary N) is 1. The maximum absolute atomic E-state index is 13.8. The first kappa shape index (κ1) is 23.0. The highest BCUT2D eigenvalue weighted by Gasteiger charge is 2.21. The maximum atomic E-state index is 13.8. The normalized spacial score (nSPS) is 11.3. The number of rotatable bonds is 6. The predicted molar refractivity (Wildman–Crippen MR) is 118 cm³/mol. The molecule has 5 nitrogen and oxygen atoms in total. The number of anilines is 2. The molecule has 0 radical (unpaired) electrons. The molecule has 3 rings (SSSR count). The Morgan fingerprint density at radius 3 is 1.97 bits per heavy atom. The van der Waals surface area contributed by atoms with E-state index < -0.39 is 33.3 Å². The van der Waals surface area contributed by atoms with Crippen molar-refractivity contribution < 1.29 is 22.0 Å². The summed E-state index contributed by atoms with van der Waals surface area (Å²) >= 11 is 12.3. The fourth-order valence-corrected chi connectivity index (χ4v) is 4.19. The third-order valence-electron chi connectivity index (χ3n) is 4.38. The standard InChI is InChI=1S/C21H16Cl2F2N2O3S/c1-31(29,30)27(12-15-16(22)4-2-5-17(15)23)14-10-8-13(9-11-14)21(28)26-20-18(24)6-3-7-19(20)25/h2-11H,12H2,1H3,(H,26,28). The van der Waals surface area contributed by atoms with Crippen LogP contribution < -0.4 is 9.62 Å². The molecule has 0 aromatic heterocycles. The van der Waals surface area contributed by atoms with Gasteiger partial charge in [0.1, 0.15) is 17.3 Å². The molecule has 0 saturated carbocycles. The van der Waals surface area contributed by atoms with Crippen molar-refractivity contribution in [2.75, 3.05) is 15.9 Å². The van der Waals surface area contributed by atoms with Gasteiger partial charge >= 0.3 is 0 Å². The summed E-state index contributed by atoms with van der Waals surface area (Å²) in [6, 6.07) is 13.5. The fourth-order valence-electron chi connectivity index (χ4n) is 2.81. The number of carbonyl (C=O) groups excluding carboxylic acids is 1. The number of sulfonamides is 1. The van der Waals surface area contributed by atoms with Crippen LogP contribution in [0.3, 0.4) is 0 Å². The van der Waals surface area contributed by atoms with Crippen molar-refractivity contribution in [1.82, 2.24) is 0 Å². The molecular weight excluding hydrogens is 469 g/mol. The maximum Gasteiger partial charge on any atom is 0.255 e. The van der Waals surface area contributed by atoms with Crippen LogP contribution in [0, 0.1) is 11.6 Å². The van der Waals surface area contributed by atoms with E-state index >= 15 is 0 Å². The number of halogens is 4. The summed E-state index contributed by atoms with van der Waals surface area (Å²) < 4.78 is 53.3. The predicted octanol–water partition coefficient (Wildman–Crippen LogP) is 5.49. The molecule has 0 atom stereocenters. The molecule has 3 aromatic rings. The van der Waals surface area contributed by atoms with Gasteiger partial charge in [0.05, 0.1) is 18.5 Å². The van der Waals surface area contributed by atoms with Crippen LogP contribution in [0.4, 0.5) is 20.2 Å². The molecule has 0 heterocycles. The van der Waals surface area contributed by atoms with Gasteiger partial charge in [0, 0.05) is 21.2 Å². The van der Waals surface area contributed by atoms with E-state index in [4.69, 9.17) is 23.2 Å². The van der Waals surface area contributed by atoms with E-state index in [1.165, 1.54) is 30.3 Å². The first-order chi connectivity index (χ1) is 14.6. The van der Waals surface area contributed by atoms with Crippen molar-refractivity contribution in [1.29, 1.82) is 0 Å². The Hall–Kier alpha value is -2.68. The highest BCUT2D eigenvalue weighted by molar-refractivity contribution is 7.92. The Morgan fingerprint density at radius 1 is 0.935 bits per heavy atom. The van der Waals surface area contributed by atoms with Gasteiger partial charge in [-0.15, -0.1) is 0 Å². The van der Waals surface area contributed by atoms with Gasteiger partial charge in [-0.05, 0) is 48.5 Å². The molecule has 10 heteroatoms. The van der Waals surface area contributed by atoms with Crippen molar-refractivity contribution in [2.24, 2.45) is 0 Å². The summed E-state index contributed by atoms with van der Waals surface area (Å²) in [5.74, 6) is -2.58. The first-order valence-electron chi connectivity index (χ1n) is 8.84. The zero-order valence-electron chi connectivity index (χ0n) is 16.1. The van der Waals surface area contributed by atoms with Crippen LogP contribution >= 0.6 is 23.2 Å². The Kier molecular flexibility index (Phi) is 6.83. The van der Waals surface area contributed by atoms with E-state index in [1.807, 2.05) is 0 Å². The van der Waals surface area contributed by atoms with E-state index in [0.29, 0.717) is 15.6 Å². The van der Waals surface area contributed by atoms with Crippen LogP contribution in [-0.4, -0.2) is 20.6 Å². The Bertz CT molecular complexity index is 1200. The summed E-state index contributed by atoms with van der Waals surface area (Å²) in [5, 5.41) is 2.79. The third kappa shape index (κ3) is 5.33. The molecule has 31 heavy (non-hydrogen) atoms. The molecule has 0 unspecified atom stereocenters. The van der Waals surface area contributed by atoms with Crippen LogP contribution in [0.1, 0.15) is 15.9 Å². The summed E-state index contributed by atoms with van der Waals surface area (Å²) in [4.78, 5) is 12.4. The first-order valence-corrected chi connectivity index (χ1v) is 11.4. The number of para-hydroxylation sites is 1. The molecule has 0 aliphatic carbocycles. The minimum atomic E-state index is -3.73. The van der Waals surface area contributed by atoms with Gasteiger partial charge in [0.2, 0.25) is 10.0 Å². The lowest BCUT2D eigenvalue weighted by Gasteiger charge is -2.23. The lowest BCUT2D eigenvalue weighted by Crippen LogP contribution is -2.29. The van der Waals surface area contributed by atoms with Gasteiger partial charge in [-0.3, -0.25) is 9.10 Å². The molecule has 0 saturated heterocycles. The van der Waals surface area contributed by atoms with E-state index in [0.717, 1.165) is 22.7 Å². The number of hydrogen-bond donors (Lipinski definition) is 1. The number of nitrogens with zero attached hydrogens (tertiary/aromatic N) is 1. The van der Waals surface area contributed by atoms with E-state index in [2.05, 4.69) is 5.32 Å². The van der Waals surface area contributed by atoms with E-state index in [-0.39, 0.29) is 17.8 Å². The summed E-state index contributed by atoms with van der Waals surface area (Å²) in [5.41, 5.74) is 0.193. The van der Waals surface area contributed by atoms with E-state index in [1.54, 1.807) is 18.2 Å². The van der Waals surface area contributed by atoms with Crippen molar-refractivity contribution in [3.63, 3.8) is 0 Å². The van der Waals surface area contributed by atoms with E-state index in [9.17, 15) is 22.0 Å². The molecule has 1 N–H and O–H groups in total. The SMILES string of the molecule is CS(=O)(=O)N(Cc1c(Cl)cccc1Cl)c1ccc(C(=O)Nc2c(F)cccc2F)cc1. The van der Waals surface area contributed by atoms with Gasteiger partial charge in [0.25, 0.3) is 5.91 Å². The molecule has 0 fully saturated rings. The number of benzene rings is 3. The zero-order valence-corrected chi connectivity index (χ0v) is 18.4. The van der Waals surface area contributed by atoms with Gasteiger partial charge in [0.15, 0.2) is 0 Å². The lowest BCUT2D eigenvalue weighted by molar-refractivity contribution is 0.102. The Balaban J connectivity index is 1.87. The average Bonchev–Trinajstić information content (AvgIpc) is 2.70. The quantitative estimate of drug-likeness (QED) is 0.502. The topological polar surface area (TPSA) is 66.5 Å². The molecule has 0 bridgehead atoms. The second-order valence-electron chi connectivity index (χ2n) is 6.57. The number of hydrogen-bond acceptors (Lipinski definition) is 3. The van der Waals surface area contributed by atoms with Gasteiger partial charge in [-0.2, -0.15) is 0 Å². The number of carbonyl (C=O) groups is 1. The zero-order chi connectivity index (χ0) is 22.8. The van der Waals surface area contributed by atoms with Gasteiger partial charge < -0.3 is 5.32 Å². The molecule has 0 aliphatic heterocycles. The van der Waals surface area contributed by atoms with Crippen molar-refractivity contribution >= 4 is 50.5 Å². The van der Waals surface area contributed by atoms with Gasteiger partial charge in [-0.25, -0.2) is 17.2 Å². The van der Waals surface area contributed by atoms with Crippen LogP contribution in [0.15, 0.2) is 60.7 Å². The smallest absolute Gasteiger partial charge is 0.255 e. The molecule has 0 spiro atoms. The van der Waals surface area contributed by atoms with Gasteiger partial charge in [-0.1, -0.05) is 35.3 Å². The highest BCUT2D eigenvalue weighted by Crippen LogP contribution is 2.29. The van der Waals surface area contributed by atoms with Crippen molar-refractivity contribution in [3.8, 4) is 0 Å². The van der Waals surface area contributed by atoms with Crippen molar-refractivity contribution in [3.05, 3.63) is 93.5 Å². The van der Waals surface area contributed by atoms with Crippen LogP contribution in [0.25, 0.3) is 0 Å². The second kappa shape index (κ2) is 9.21. The molecule has 3 aromatic carbocycles. The fraction of sp³-hybridized carbons (Fsp3) is 0.0952. The molecule has 1 amide bonds. The molecular formula is C21H16Cl2F2N2O3S. The molecule has 0 aliphatic rings. The average molecular weight is 485 g/mol. The van der Waals surface area contributed by atoms with Crippen molar-refractivity contribution in [2.45, 2.75) is 6.54 Å². The third-order valence-corrected chi connectivity index (χ3v) is 6.23. The monoisotopic (exact) mass is 484 g/mol. The summed E-state index contributed by atoms with van der Waals surface area (Å²) in [6.07, 6.45) is 1.03. The van der Waals surface area contributed by atoms with Crippen LogP contribution in [-0.2, 0) is 16.6 Å². The lowest BCUT2D eigenvalue weighted by atomic mass is 10.1. The summed E-state index contributed by atoms with van der Waals surface area (Å²) in [6.45, 7) is -0.122. The van der Waals surface area contributed by atoms with Crippen LogP contribution in [0.5, 0.6) is 0 Å².